The molecule has 0 saturated heterocycles. The summed E-state index contributed by atoms with van der Waals surface area (Å²) in [5.41, 5.74) is 0.850. The number of methoxy groups -OCH3 is 1. The van der Waals surface area contributed by atoms with E-state index in [-0.39, 0.29) is 11.5 Å². The molecule has 0 aliphatic rings. The van der Waals surface area contributed by atoms with Crippen LogP contribution in [0.15, 0.2) is 18.2 Å². The molecule has 0 unspecified atom stereocenters. The van der Waals surface area contributed by atoms with Gasteiger partial charge in [0.25, 0.3) is 0 Å². The van der Waals surface area contributed by atoms with Crippen LogP contribution in [-0.2, 0) is 6.42 Å². The SMILES string of the molecule is COc1cc(CC[N+](=O)[O-])ccc1Cl. The first-order chi connectivity index (χ1) is 6.63. The summed E-state index contributed by atoms with van der Waals surface area (Å²) in [7, 11) is 1.51. The molecule has 76 valence electrons. The molecule has 0 heterocycles. The number of benzene rings is 1. The summed E-state index contributed by atoms with van der Waals surface area (Å²) in [5.74, 6) is 0.549. The van der Waals surface area contributed by atoms with Crippen LogP contribution in [0.5, 0.6) is 5.75 Å². The first-order valence-electron chi connectivity index (χ1n) is 4.07. The molecule has 0 spiro atoms. The predicted molar refractivity (Wildman–Crippen MR) is 53.6 cm³/mol. The molecule has 5 heteroatoms. The van der Waals surface area contributed by atoms with Gasteiger partial charge in [-0.3, -0.25) is 10.1 Å². The Morgan fingerprint density at radius 1 is 1.57 bits per heavy atom. The Hall–Kier alpha value is -1.29. The lowest BCUT2D eigenvalue weighted by molar-refractivity contribution is -0.479. The van der Waals surface area contributed by atoms with Gasteiger partial charge in [-0.25, -0.2) is 0 Å². The second-order valence-corrected chi connectivity index (χ2v) is 3.18. The molecule has 0 bridgehead atoms. The molecule has 0 amide bonds. The molecule has 14 heavy (non-hydrogen) atoms. The largest absolute Gasteiger partial charge is 0.495 e. The van der Waals surface area contributed by atoms with Gasteiger partial charge in [-0.15, -0.1) is 0 Å². The Morgan fingerprint density at radius 2 is 2.29 bits per heavy atom. The molecular weight excluding hydrogens is 206 g/mol. The Balaban J connectivity index is 2.74. The van der Waals surface area contributed by atoms with Gasteiger partial charge in [0.2, 0.25) is 6.54 Å². The highest BCUT2D eigenvalue weighted by molar-refractivity contribution is 6.32. The van der Waals surface area contributed by atoms with Crippen molar-refractivity contribution >= 4 is 11.6 Å². The third kappa shape index (κ3) is 2.88. The summed E-state index contributed by atoms with van der Waals surface area (Å²) >= 11 is 5.80. The second kappa shape index (κ2) is 4.81. The average Bonchev–Trinajstić information content (AvgIpc) is 2.16. The zero-order chi connectivity index (χ0) is 10.6. The minimum atomic E-state index is -0.346. The number of ether oxygens (including phenoxy) is 1. The van der Waals surface area contributed by atoms with Crippen LogP contribution < -0.4 is 4.74 Å². The van der Waals surface area contributed by atoms with Crippen LogP contribution >= 0.6 is 11.6 Å². The quantitative estimate of drug-likeness (QED) is 0.571. The molecule has 0 saturated carbocycles. The number of hydrogen-bond acceptors (Lipinski definition) is 3. The molecule has 0 aromatic heterocycles. The Morgan fingerprint density at radius 3 is 2.86 bits per heavy atom. The lowest BCUT2D eigenvalue weighted by Crippen LogP contribution is -2.03. The first-order valence-corrected chi connectivity index (χ1v) is 4.45. The van der Waals surface area contributed by atoms with Gasteiger partial charge in [0.1, 0.15) is 5.75 Å². The highest BCUT2D eigenvalue weighted by Crippen LogP contribution is 2.25. The third-order valence-corrected chi connectivity index (χ3v) is 2.11. The number of rotatable bonds is 4. The van der Waals surface area contributed by atoms with Gasteiger partial charge < -0.3 is 4.74 Å². The summed E-state index contributed by atoms with van der Waals surface area (Å²) in [6.45, 7) is -0.0786. The number of halogens is 1. The maximum absolute atomic E-state index is 10.1. The summed E-state index contributed by atoms with van der Waals surface area (Å²) in [6.07, 6.45) is 0.389. The highest BCUT2D eigenvalue weighted by Gasteiger charge is 2.04. The molecule has 1 rings (SSSR count). The number of hydrogen-bond donors (Lipinski definition) is 0. The van der Waals surface area contributed by atoms with Crippen molar-refractivity contribution in [3.8, 4) is 5.75 Å². The third-order valence-electron chi connectivity index (χ3n) is 1.80. The van der Waals surface area contributed by atoms with Gasteiger partial charge in [-0.1, -0.05) is 17.7 Å². The number of nitro groups is 1. The van der Waals surface area contributed by atoms with E-state index in [2.05, 4.69) is 0 Å². The summed E-state index contributed by atoms with van der Waals surface area (Å²) in [4.78, 5) is 9.80. The Kier molecular flexibility index (Phi) is 3.71. The van der Waals surface area contributed by atoms with Crippen LogP contribution in [0.25, 0.3) is 0 Å². The topological polar surface area (TPSA) is 52.4 Å². The van der Waals surface area contributed by atoms with Crippen LogP contribution in [0.4, 0.5) is 0 Å². The lowest BCUT2D eigenvalue weighted by Gasteiger charge is -2.04. The molecule has 1 aromatic carbocycles. The minimum Gasteiger partial charge on any atom is -0.495 e. The van der Waals surface area contributed by atoms with Crippen LogP contribution in [0.1, 0.15) is 5.56 Å². The maximum atomic E-state index is 10.1. The second-order valence-electron chi connectivity index (χ2n) is 2.78. The predicted octanol–water partition coefficient (Wildman–Crippen LogP) is 2.17. The van der Waals surface area contributed by atoms with E-state index in [0.717, 1.165) is 5.56 Å². The molecular formula is C9H10ClNO3. The van der Waals surface area contributed by atoms with Crippen LogP contribution in [0.3, 0.4) is 0 Å². The maximum Gasteiger partial charge on any atom is 0.207 e. The van der Waals surface area contributed by atoms with Crippen molar-refractivity contribution in [3.05, 3.63) is 38.9 Å². The summed E-state index contributed by atoms with van der Waals surface area (Å²) < 4.78 is 4.99. The van der Waals surface area contributed by atoms with Gasteiger partial charge in [-0.05, 0) is 17.7 Å². The normalized spacial score (nSPS) is 9.86. The fraction of sp³-hybridized carbons (Fsp3) is 0.333. The minimum absolute atomic E-state index is 0.0786. The van der Waals surface area contributed by atoms with E-state index in [1.54, 1.807) is 18.2 Å². The fourth-order valence-corrected chi connectivity index (χ4v) is 1.27. The average molecular weight is 216 g/mol. The van der Waals surface area contributed by atoms with Crippen molar-refractivity contribution in [2.24, 2.45) is 0 Å². The Bertz CT molecular complexity index is 341. The van der Waals surface area contributed by atoms with E-state index >= 15 is 0 Å². The smallest absolute Gasteiger partial charge is 0.207 e. The van der Waals surface area contributed by atoms with E-state index in [1.807, 2.05) is 0 Å². The molecule has 0 fully saturated rings. The van der Waals surface area contributed by atoms with Crippen molar-refractivity contribution < 1.29 is 9.66 Å². The van der Waals surface area contributed by atoms with Gasteiger partial charge in [0.15, 0.2) is 0 Å². The summed E-state index contributed by atoms with van der Waals surface area (Å²) in [6, 6.07) is 5.15. The zero-order valence-electron chi connectivity index (χ0n) is 7.70. The van der Waals surface area contributed by atoms with E-state index in [9.17, 15) is 10.1 Å². The Labute approximate surface area is 86.6 Å². The first kappa shape index (κ1) is 10.8. The van der Waals surface area contributed by atoms with Crippen molar-refractivity contribution in [1.82, 2.24) is 0 Å². The molecule has 0 aliphatic carbocycles. The van der Waals surface area contributed by atoms with E-state index < -0.39 is 0 Å². The lowest BCUT2D eigenvalue weighted by atomic mass is 10.1. The van der Waals surface area contributed by atoms with E-state index in [1.165, 1.54) is 7.11 Å². The number of nitrogens with zero attached hydrogens (tertiary/aromatic N) is 1. The van der Waals surface area contributed by atoms with E-state index in [4.69, 9.17) is 16.3 Å². The van der Waals surface area contributed by atoms with Gasteiger partial charge in [-0.2, -0.15) is 0 Å². The van der Waals surface area contributed by atoms with Crippen molar-refractivity contribution in [3.63, 3.8) is 0 Å². The van der Waals surface area contributed by atoms with E-state index in [0.29, 0.717) is 17.2 Å². The standard InChI is InChI=1S/C9H10ClNO3/c1-14-9-6-7(2-3-8(9)10)4-5-11(12)13/h2-3,6H,4-5H2,1H3. The molecule has 1 aromatic rings. The van der Waals surface area contributed by atoms with Gasteiger partial charge in [0.05, 0.1) is 12.1 Å². The zero-order valence-corrected chi connectivity index (χ0v) is 8.45. The summed E-state index contributed by atoms with van der Waals surface area (Å²) in [5, 5.41) is 10.7. The fourth-order valence-electron chi connectivity index (χ4n) is 1.08. The van der Waals surface area contributed by atoms with Crippen molar-refractivity contribution in [2.75, 3.05) is 13.7 Å². The van der Waals surface area contributed by atoms with Crippen LogP contribution in [0, 0.1) is 10.1 Å². The van der Waals surface area contributed by atoms with Crippen molar-refractivity contribution in [2.45, 2.75) is 6.42 Å². The monoisotopic (exact) mass is 215 g/mol. The molecule has 0 N–H and O–H groups in total. The molecule has 4 nitrogen and oxygen atoms in total. The van der Waals surface area contributed by atoms with Crippen LogP contribution in [0.2, 0.25) is 5.02 Å². The molecule has 0 aliphatic heterocycles. The van der Waals surface area contributed by atoms with Gasteiger partial charge >= 0.3 is 0 Å². The molecule has 0 radical (unpaired) electrons. The van der Waals surface area contributed by atoms with Crippen molar-refractivity contribution in [1.29, 1.82) is 0 Å². The molecule has 0 atom stereocenters. The van der Waals surface area contributed by atoms with Gasteiger partial charge in [0, 0.05) is 11.3 Å². The van der Waals surface area contributed by atoms with Crippen LogP contribution in [-0.4, -0.2) is 18.6 Å². The highest BCUT2D eigenvalue weighted by atomic mass is 35.5.